The Balaban J connectivity index is 1.51. The normalized spacial score (nSPS) is 15.2. The van der Waals surface area contributed by atoms with E-state index in [0.29, 0.717) is 12.3 Å². The van der Waals surface area contributed by atoms with Crippen molar-refractivity contribution in [1.29, 1.82) is 0 Å². The maximum atomic E-state index is 12.6. The minimum atomic E-state index is -3.76. The Bertz CT molecular complexity index is 970. The SMILES string of the molecule is COc1ccc(S(=O)(=O)N(C)CC(=O)NCc2ccc(N3CCN(C)CC3)cc2)cc1. The van der Waals surface area contributed by atoms with Crippen molar-refractivity contribution in [2.45, 2.75) is 11.4 Å². The van der Waals surface area contributed by atoms with Crippen molar-refractivity contribution in [3.63, 3.8) is 0 Å². The molecule has 0 spiro atoms. The molecule has 3 rings (SSSR count). The van der Waals surface area contributed by atoms with Crippen molar-refractivity contribution in [3.05, 3.63) is 54.1 Å². The molecule has 2 aromatic carbocycles. The highest BCUT2D eigenvalue weighted by Crippen LogP contribution is 2.19. The number of sulfonamides is 1. The van der Waals surface area contributed by atoms with E-state index in [1.807, 2.05) is 12.1 Å². The number of nitrogens with one attached hydrogen (secondary N) is 1. The number of amides is 1. The van der Waals surface area contributed by atoms with E-state index in [0.717, 1.165) is 36.0 Å². The molecule has 8 nitrogen and oxygen atoms in total. The van der Waals surface area contributed by atoms with Gasteiger partial charge in [0.05, 0.1) is 18.6 Å². The highest BCUT2D eigenvalue weighted by atomic mass is 32.2. The first-order valence-electron chi connectivity index (χ1n) is 10.2. The van der Waals surface area contributed by atoms with Crippen molar-refractivity contribution in [2.75, 3.05) is 58.8 Å². The number of benzene rings is 2. The minimum absolute atomic E-state index is 0.114. The molecule has 1 saturated heterocycles. The van der Waals surface area contributed by atoms with Gasteiger partial charge in [0.15, 0.2) is 0 Å². The number of hydrogen-bond acceptors (Lipinski definition) is 6. The molecule has 0 atom stereocenters. The molecule has 9 heteroatoms. The largest absolute Gasteiger partial charge is 0.497 e. The Labute approximate surface area is 184 Å². The topological polar surface area (TPSA) is 82.2 Å². The summed E-state index contributed by atoms with van der Waals surface area (Å²) < 4.78 is 31.4. The van der Waals surface area contributed by atoms with Gasteiger partial charge in [-0.15, -0.1) is 0 Å². The van der Waals surface area contributed by atoms with Gasteiger partial charge in [0.2, 0.25) is 15.9 Å². The average molecular weight is 447 g/mol. The van der Waals surface area contributed by atoms with Crippen LogP contribution in [0.25, 0.3) is 0 Å². The van der Waals surface area contributed by atoms with Crippen molar-refractivity contribution in [3.8, 4) is 5.75 Å². The number of carbonyl (C=O) groups excluding carboxylic acids is 1. The van der Waals surface area contributed by atoms with E-state index in [1.165, 1.54) is 32.0 Å². The first-order valence-corrected chi connectivity index (χ1v) is 11.6. The number of ether oxygens (including phenoxy) is 1. The van der Waals surface area contributed by atoms with Gasteiger partial charge in [-0.2, -0.15) is 4.31 Å². The standard InChI is InChI=1S/C22H30N4O4S/c1-24-12-14-26(15-13-24)19-6-4-18(5-7-19)16-23-22(27)17-25(2)31(28,29)21-10-8-20(30-3)9-11-21/h4-11H,12-17H2,1-3H3,(H,23,27). The molecule has 1 aliphatic heterocycles. The van der Waals surface area contributed by atoms with Crippen LogP contribution in [0.4, 0.5) is 5.69 Å². The van der Waals surface area contributed by atoms with Crippen molar-refractivity contribution >= 4 is 21.6 Å². The van der Waals surface area contributed by atoms with Crippen molar-refractivity contribution < 1.29 is 17.9 Å². The van der Waals surface area contributed by atoms with Gasteiger partial charge in [0, 0.05) is 45.5 Å². The highest BCUT2D eigenvalue weighted by molar-refractivity contribution is 7.89. The second-order valence-corrected chi connectivity index (χ2v) is 9.71. The lowest BCUT2D eigenvalue weighted by molar-refractivity contribution is -0.121. The van der Waals surface area contributed by atoms with Gasteiger partial charge in [-0.25, -0.2) is 8.42 Å². The molecule has 1 amide bonds. The van der Waals surface area contributed by atoms with Gasteiger partial charge < -0.3 is 19.9 Å². The molecule has 0 aromatic heterocycles. The molecule has 0 bridgehead atoms. The number of nitrogens with zero attached hydrogens (tertiary/aromatic N) is 3. The fraction of sp³-hybridized carbons (Fsp3) is 0.409. The lowest BCUT2D eigenvalue weighted by atomic mass is 10.2. The minimum Gasteiger partial charge on any atom is -0.497 e. The van der Waals surface area contributed by atoms with Gasteiger partial charge in [-0.1, -0.05) is 12.1 Å². The molecule has 1 fully saturated rings. The van der Waals surface area contributed by atoms with Crippen LogP contribution in [0.2, 0.25) is 0 Å². The zero-order valence-corrected chi connectivity index (χ0v) is 19.1. The first kappa shape index (κ1) is 23.1. The zero-order chi connectivity index (χ0) is 22.4. The van der Waals surface area contributed by atoms with Crippen molar-refractivity contribution in [2.24, 2.45) is 0 Å². The lowest BCUT2D eigenvalue weighted by Gasteiger charge is -2.34. The molecule has 1 heterocycles. The predicted octanol–water partition coefficient (Wildman–Crippen LogP) is 1.38. The predicted molar refractivity (Wildman–Crippen MR) is 121 cm³/mol. The van der Waals surface area contributed by atoms with Crippen LogP contribution in [0.3, 0.4) is 0 Å². The monoisotopic (exact) mass is 446 g/mol. The number of hydrogen-bond donors (Lipinski definition) is 1. The first-order chi connectivity index (χ1) is 14.8. The molecule has 0 radical (unpaired) electrons. The van der Waals surface area contributed by atoms with Gasteiger partial charge in [0.25, 0.3) is 0 Å². The Kier molecular flexibility index (Phi) is 7.53. The smallest absolute Gasteiger partial charge is 0.243 e. The van der Waals surface area contributed by atoms with Crippen LogP contribution >= 0.6 is 0 Å². The maximum absolute atomic E-state index is 12.6. The highest BCUT2D eigenvalue weighted by Gasteiger charge is 2.23. The van der Waals surface area contributed by atoms with E-state index >= 15 is 0 Å². The summed E-state index contributed by atoms with van der Waals surface area (Å²) in [5.41, 5.74) is 2.14. The Morgan fingerprint density at radius 3 is 2.23 bits per heavy atom. The second kappa shape index (κ2) is 10.1. The summed E-state index contributed by atoms with van der Waals surface area (Å²) in [5, 5.41) is 2.79. The van der Waals surface area contributed by atoms with Crippen LogP contribution in [-0.4, -0.2) is 77.5 Å². The molecule has 1 aliphatic rings. The molecule has 0 aliphatic carbocycles. The molecule has 31 heavy (non-hydrogen) atoms. The fourth-order valence-electron chi connectivity index (χ4n) is 3.36. The summed E-state index contributed by atoms with van der Waals surface area (Å²) in [7, 11) is 1.28. The molecular weight excluding hydrogens is 416 g/mol. The van der Waals surface area contributed by atoms with E-state index in [-0.39, 0.29) is 17.3 Å². The van der Waals surface area contributed by atoms with Crippen LogP contribution < -0.4 is 15.0 Å². The van der Waals surface area contributed by atoms with E-state index in [9.17, 15) is 13.2 Å². The summed E-state index contributed by atoms with van der Waals surface area (Å²) in [6, 6.07) is 14.2. The van der Waals surface area contributed by atoms with Crippen LogP contribution in [0.1, 0.15) is 5.56 Å². The lowest BCUT2D eigenvalue weighted by Crippen LogP contribution is -2.44. The summed E-state index contributed by atoms with van der Waals surface area (Å²) in [5.74, 6) is 0.209. The summed E-state index contributed by atoms with van der Waals surface area (Å²) >= 11 is 0. The van der Waals surface area contributed by atoms with Gasteiger partial charge in [-0.3, -0.25) is 4.79 Å². The number of piperazine rings is 1. The molecule has 0 unspecified atom stereocenters. The van der Waals surface area contributed by atoms with E-state index in [4.69, 9.17) is 4.74 Å². The average Bonchev–Trinajstić information content (AvgIpc) is 2.78. The Morgan fingerprint density at radius 1 is 1.03 bits per heavy atom. The van der Waals surface area contributed by atoms with Gasteiger partial charge in [0.1, 0.15) is 5.75 Å². The van der Waals surface area contributed by atoms with Crippen LogP contribution in [-0.2, 0) is 21.4 Å². The summed E-state index contributed by atoms with van der Waals surface area (Å²) in [6.45, 7) is 4.19. The fourth-order valence-corrected chi connectivity index (χ4v) is 4.49. The van der Waals surface area contributed by atoms with Crippen LogP contribution in [0.5, 0.6) is 5.75 Å². The van der Waals surface area contributed by atoms with E-state index < -0.39 is 10.0 Å². The number of carbonyl (C=O) groups is 1. The maximum Gasteiger partial charge on any atom is 0.243 e. The number of methoxy groups -OCH3 is 1. The zero-order valence-electron chi connectivity index (χ0n) is 18.2. The van der Waals surface area contributed by atoms with Gasteiger partial charge >= 0.3 is 0 Å². The van der Waals surface area contributed by atoms with Crippen LogP contribution in [0.15, 0.2) is 53.4 Å². The Morgan fingerprint density at radius 2 is 1.65 bits per heavy atom. The molecule has 2 aromatic rings. The molecule has 1 N–H and O–H groups in total. The third-order valence-electron chi connectivity index (χ3n) is 5.43. The molecule has 0 saturated carbocycles. The third-order valence-corrected chi connectivity index (χ3v) is 7.25. The summed E-state index contributed by atoms with van der Waals surface area (Å²) in [6.07, 6.45) is 0. The quantitative estimate of drug-likeness (QED) is 0.660. The number of likely N-dealkylation sites (N-methyl/N-ethyl adjacent to an activating group) is 2. The molecular formula is C22H30N4O4S. The summed E-state index contributed by atoms with van der Waals surface area (Å²) in [4.78, 5) is 17.1. The Hall–Kier alpha value is -2.62. The van der Waals surface area contributed by atoms with E-state index in [2.05, 4.69) is 34.3 Å². The number of anilines is 1. The molecule has 168 valence electrons. The third kappa shape index (κ3) is 5.96. The van der Waals surface area contributed by atoms with Crippen molar-refractivity contribution in [1.82, 2.24) is 14.5 Å². The second-order valence-electron chi connectivity index (χ2n) is 7.67. The van der Waals surface area contributed by atoms with E-state index in [1.54, 1.807) is 12.1 Å². The van der Waals surface area contributed by atoms with Crippen LogP contribution in [0, 0.1) is 0 Å². The number of rotatable bonds is 8. The van der Waals surface area contributed by atoms with Gasteiger partial charge in [-0.05, 0) is 49.0 Å².